The summed E-state index contributed by atoms with van der Waals surface area (Å²) in [5, 5.41) is 3.42. The molecule has 0 bridgehead atoms. The van der Waals surface area contributed by atoms with Gasteiger partial charge in [-0.05, 0) is 63.2 Å². The first-order valence-electron chi connectivity index (χ1n) is 10.1. The molecule has 5 nitrogen and oxygen atoms in total. The third kappa shape index (κ3) is 4.29. The van der Waals surface area contributed by atoms with Crippen LogP contribution in [0.1, 0.15) is 25.3 Å². The third-order valence-electron chi connectivity index (χ3n) is 5.65. The van der Waals surface area contributed by atoms with Gasteiger partial charge in [-0.15, -0.1) is 0 Å². The number of aromatic nitrogens is 1. The monoisotopic (exact) mass is 447 g/mol. The van der Waals surface area contributed by atoms with Crippen LogP contribution in [0.3, 0.4) is 0 Å². The molecule has 1 aromatic heterocycles. The van der Waals surface area contributed by atoms with Crippen molar-refractivity contribution in [3.8, 4) is 0 Å². The minimum absolute atomic E-state index is 0.0123. The highest BCUT2D eigenvalue weighted by Gasteiger charge is 2.26. The summed E-state index contributed by atoms with van der Waals surface area (Å²) in [6.07, 6.45) is 1.42. The Balaban J connectivity index is 1.36. The van der Waals surface area contributed by atoms with Crippen molar-refractivity contribution in [2.45, 2.75) is 32.9 Å². The molecule has 0 unspecified atom stereocenters. The van der Waals surface area contributed by atoms with Gasteiger partial charge in [-0.25, -0.2) is 4.39 Å². The van der Waals surface area contributed by atoms with E-state index < -0.39 is 0 Å². The molecule has 1 aliphatic heterocycles. The van der Waals surface area contributed by atoms with Crippen LogP contribution >= 0.6 is 22.9 Å². The number of fused-ring (bicyclic) bond motifs is 1. The number of nitrogens with zero attached hydrogens (tertiary/aromatic N) is 2. The van der Waals surface area contributed by atoms with Crippen LogP contribution in [0.25, 0.3) is 10.2 Å². The first-order valence-corrected chi connectivity index (χ1v) is 11.2. The van der Waals surface area contributed by atoms with Gasteiger partial charge in [0.2, 0.25) is 5.91 Å². The van der Waals surface area contributed by atoms with E-state index in [2.05, 4.69) is 10.2 Å². The normalized spacial score (nSPS) is 15.6. The van der Waals surface area contributed by atoms with Crippen LogP contribution in [0.2, 0.25) is 5.02 Å². The fourth-order valence-electron chi connectivity index (χ4n) is 3.95. The van der Waals surface area contributed by atoms with Crippen molar-refractivity contribution < 1.29 is 9.18 Å². The Hall–Kier alpha value is -2.22. The van der Waals surface area contributed by atoms with E-state index in [1.807, 2.05) is 25.1 Å². The van der Waals surface area contributed by atoms with E-state index in [-0.39, 0.29) is 22.5 Å². The van der Waals surface area contributed by atoms with Gasteiger partial charge in [0.1, 0.15) is 5.82 Å². The van der Waals surface area contributed by atoms with E-state index in [9.17, 15) is 14.0 Å². The molecule has 4 rings (SSSR count). The van der Waals surface area contributed by atoms with Crippen molar-refractivity contribution in [2.24, 2.45) is 5.92 Å². The van der Waals surface area contributed by atoms with Crippen LogP contribution in [0.5, 0.6) is 0 Å². The second kappa shape index (κ2) is 8.88. The molecule has 1 N–H and O–H groups in total. The molecule has 158 valence electrons. The molecule has 30 heavy (non-hydrogen) atoms. The van der Waals surface area contributed by atoms with Crippen molar-refractivity contribution >= 4 is 44.7 Å². The van der Waals surface area contributed by atoms with Crippen LogP contribution < -0.4 is 10.2 Å². The maximum atomic E-state index is 14.0. The van der Waals surface area contributed by atoms with Crippen molar-refractivity contribution in [1.82, 2.24) is 9.47 Å². The zero-order valence-electron chi connectivity index (χ0n) is 16.7. The van der Waals surface area contributed by atoms with Crippen LogP contribution in [-0.2, 0) is 17.9 Å². The molecule has 1 fully saturated rings. The van der Waals surface area contributed by atoms with Gasteiger partial charge in [0, 0.05) is 35.3 Å². The van der Waals surface area contributed by atoms with E-state index in [4.69, 9.17) is 11.6 Å². The molecule has 0 spiro atoms. The quantitative estimate of drug-likeness (QED) is 0.615. The smallest absolute Gasteiger partial charge is 0.308 e. The zero-order valence-corrected chi connectivity index (χ0v) is 18.2. The second-order valence-corrected chi connectivity index (χ2v) is 8.94. The molecular formula is C22H23ClFN3O2S. The number of rotatable bonds is 5. The van der Waals surface area contributed by atoms with Crippen LogP contribution in [0.15, 0.2) is 41.2 Å². The highest BCUT2D eigenvalue weighted by Crippen LogP contribution is 2.26. The fourth-order valence-corrected chi connectivity index (χ4v) is 5.17. The van der Waals surface area contributed by atoms with Gasteiger partial charge in [0.05, 0.1) is 10.2 Å². The second-order valence-electron chi connectivity index (χ2n) is 7.53. The first-order chi connectivity index (χ1) is 14.5. The number of aryl methyl sites for hydroxylation is 1. The number of halogens is 2. The number of benzene rings is 2. The number of piperidine rings is 1. The minimum atomic E-state index is -0.294. The average Bonchev–Trinajstić information content (AvgIpc) is 3.05. The minimum Gasteiger partial charge on any atom is -0.326 e. The summed E-state index contributed by atoms with van der Waals surface area (Å²) in [6, 6.07) is 10.3. The number of amides is 1. The zero-order chi connectivity index (χ0) is 21.3. The van der Waals surface area contributed by atoms with Crippen molar-refractivity contribution in [1.29, 1.82) is 0 Å². The summed E-state index contributed by atoms with van der Waals surface area (Å²) >= 11 is 7.32. The Kier molecular flexibility index (Phi) is 6.22. The molecule has 1 amide bonds. The van der Waals surface area contributed by atoms with Gasteiger partial charge in [0.15, 0.2) is 0 Å². The summed E-state index contributed by atoms with van der Waals surface area (Å²) < 4.78 is 16.6. The Morgan fingerprint density at radius 2 is 2.03 bits per heavy atom. The largest absolute Gasteiger partial charge is 0.326 e. The molecule has 0 saturated carbocycles. The number of hydrogen-bond acceptors (Lipinski definition) is 4. The molecule has 0 aliphatic carbocycles. The molecule has 0 atom stereocenters. The Morgan fingerprint density at radius 1 is 1.27 bits per heavy atom. The van der Waals surface area contributed by atoms with E-state index in [0.717, 1.165) is 10.2 Å². The van der Waals surface area contributed by atoms with Crippen molar-refractivity contribution in [3.05, 3.63) is 62.5 Å². The Labute approximate surface area is 183 Å². The number of carbonyl (C=O) groups is 1. The first kappa shape index (κ1) is 21.0. The lowest BCUT2D eigenvalue weighted by molar-refractivity contribution is -0.121. The third-order valence-corrected chi connectivity index (χ3v) is 6.95. The van der Waals surface area contributed by atoms with Crippen molar-refractivity contribution in [3.63, 3.8) is 0 Å². The van der Waals surface area contributed by atoms with E-state index >= 15 is 0 Å². The number of likely N-dealkylation sites (tertiary alicyclic amines) is 1. The van der Waals surface area contributed by atoms with E-state index in [1.54, 1.807) is 16.7 Å². The molecule has 8 heteroatoms. The number of anilines is 1. The lowest BCUT2D eigenvalue weighted by atomic mass is 9.95. The number of nitrogens with one attached hydrogen (secondary N) is 1. The summed E-state index contributed by atoms with van der Waals surface area (Å²) in [7, 11) is 0. The maximum Gasteiger partial charge on any atom is 0.308 e. The standard InChI is InChI=1S/C22H23ClFN3O2S/c1-2-27-19-7-6-15(12-20(19)30-22(27)29)25-21(28)14-8-10-26(11-9-14)13-16-17(23)4-3-5-18(16)24/h3-7,12,14H,2,8-11,13H2,1H3,(H,25,28). The SMILES string of the molecule is CCn1c(=O)sc2cc(NC(=O)C3CCN(Cc4c(F)cccc4Cl)CC3)ccc21. The van der Waals surface area contributed by atoms with Gasteiger partial charge in [-0.3, -0.25) is 19.1 Å². The average molecular weight is 448 g/mol. The lowest BCUT2D eigenvalue weighted by Gasteiger charge is -2.31. The van der Waals surface area contributed by atoms with E-state index in [1.165, 1.54) is 17.4 Å². The van der Waals surface area contributed by atoms with Gasteiger partial charge >= 0.3 is 4.87 Å². The van der Waals surface area contributed by atoms with E-state index in [0.29, 0.717) is 55.3 Å². The van der Waals surface area contributed by atoms with Gasteiger partial charge in [-0.1, -0.05) is 29.0 Å². The molecular weight excluding hydrogens is 425 g/mol. The molecule has 2 heterocycles. The summed E-state index contributed by atoms with van der Waals surface area (Å²) in [6.45, 7) is 4.44. The summed E-state index contributed by atoms with van der Waals surface area (Å²) in [4.78, 5) is 26.9. The molecule has 1 aliphatic rings. The van der Waals surface area contributed by atoms with Crippen LogP contribution in [0, 0.1) is 11.7 Å². The van der Waals surface area contributed by atoms with Crippen LogP contribution in [-0.4, -0.2) is 28.5 Å². The predicted molar refractivity (Wildman–Crippen MR) is 120 cm³/mol. The van der Waals surface area contributed by atoms with Gasteiger partial charge < -0.3 is 5.32 Å². The van der Waals surface area contributed by atoms with Gasteiger partial charge in [0.25, 0.3) is 0 Å². The number of carbonyl (C=O) groups excluding carboxylic acids is 1. The van der Waals surface area contributed by atoms with Crippen molar-refractivity contribution in [2.75, 3.05) is 18.4 Å². The highest BCUT2D eigenvalue weighted by atomic mass is 35.5. The summed E-state index contributed by atoms with van der Waals surface area (Å²) in [5.41, 5.74) is 2.11. The number of hydrogen-bond donors (Lipinski definition) is 1. The summed E-state index contributed by atoms with van der Waals surface area (Å²) in [5.74, 6) is -0.399. The molecule has 0 radical (unpaired) electrons. The molecule has 1 saturated heterocycles. The van der Waals surface area contributed by atoms with Gasteiger partial charge in [-0.2, -0.15) is 0 Å². The highest BCUT2D eigenvalue weighted by molar-refractivity contribution is 7.16. The Bertz CT molecular complexity index is 1110. The number of thiazole rings is 1. The van der Waals surface area contributed by atoms with Crippen LogP contribution in [0.4, 0.5) is 10.1 Å². The molecule has 2 aromatic carbocycles. The fraction of sp³-hybridized carbons (Fsp3) is 0.364. The topological polar surface area (TPSA) is 54.3 Å². The predicted octanol–water partition coefficient (Wildman–Crippen LogP) is 4.73. The lowest BCUT2D eigenvalue weighted by Crippen LogP contribution is -2.38. The maximum absolute atomic E-state index is 14.0. The Morgan fingerprint density at radius 3 is 2.73 bits per heavy atom. The molecule has 3 aromatic rings.